The Morgan fingerprint density at radius 3 is 2.18 bits per heavy atom. The molecule has 6 unspecified atom stereocenters. The molecule has 50 heavy (non-hydrogen) atoms. The number of nitrogens with zero attached hydrogens (tertiary/aromatic N) is 1. The molecule has 10 rings (SSSR count). The smallest absolute Gasteiger partial charge is 0.145 e. The fourth-order valence-corrected chi connectivity index (χ4v) is 9.22. The number of hydrogen-bond donors (Lipinski definition) is 1. The molecule has 240 valence electrons. The lowest BCUT2D eigenvalue weighted by Crippen LogP contribution is -2.50. The number of ether oxygens (including phenoxy) is 1. The fourth-order valence-electron chi connectivity index (χ4n) is 9.22. The molecular formula is C47H36N2O. The average molecular weight is 645 g/mol. The second-order valence-electron chi connectivity index (χ2n) is 13.8. The number of nitrogens with one attached hydrogen (secondary N) is 1. The van der Waals surface area contributed by atoms with E-state index < -0.39 is 0 Å². The standard InChI is InChI=1S/C47H36N2O/c1-3-15-31(16-4-1)42-30-43(49-46(48-42)32-17-5-2-6-18-32)37-22-8-7-19-34(37)33-27-28-41-45(29-33)50-44-26-14-13-25-40(44)47(41)38-23-11-9-20-35(38)36-21-10-12-24-39(36)47/h1-30,35,38,41,45-46,49H. The van der Waals surface area contributed by atoms with E-state index in [1.54, 1.807) is 0 Å². The van der Waals surface area contributed by atoms with Gasteiger partial charge in [0, 0.05) is 40.0 Å². The van der Waals surface area contributed by atoms with Gasteiger partial charge in [0.25, 0.3) is 0 Å². The average Bonchev–Trinajstić information content (AvgIpc) is 3.49. The summed E-state index contributed by atoms with van der Waals surface area (Å²) in [6.45, 7) is 0. The van der Waals surface area contributed by atoms with Crippen molar-refractivity contribution < 1.29 is 4.74 Å². The molecule has 1 N–H and O–H groups in total. The van der Waals surface area contributed by atoms with Crippen molar-refractivity contribution >= 4 is 17.0 Å². The zero-order valence-corrected chi connectivity index (χ0v) is 27.6. The van der Waals surface area contributed by atoms with Crippen LogP contribution in [-0.2, 0) is 5.41 Å². The van der Waals surface area contributed by atoms with Crippen LogP contribution in [0.5, 0.6) is 5.75 Å². The van der Waals surface area contributed by atoms with E-state index in [1.807, 2.05) is 0 Å². The van der Waals surface area contributed by atoms with Crippen molar-refractivity contribution in [2.75, 3.05) is 0 Å². The van der Waals surface area contributed by atoms with E-state index in [-0.39, 0.29) is 23.6 Å². The zero-order valence-electron chi connectivity index (χ0n) is 27.6. The number of hydrogen-bond acceptors (Lipinski definition) is 3. The van der Waals surface area contributed by atoms with Crippen LogP contribution in [0.2, 0.25) is 0 Å². The molecule has 0 saturated carbocycles. The van der Waals surface area contributed by atoms with E-state index in [1.165, 1.54) is 27.8 Å². The van der Waals surface area contributed by atoms with Gasteiger partial charge in [0.1, 0.15) is 18.0 Å². The SMILES string of the molecule is C1=CC2c3ccccc3C3(c4ccccc4OC4C=C(c5ccccc5C5=CC(c6ccccc6)=NC(c6ccccc6)N5)C=CC43)C2C=C1. The van der Waals surface area contributed by atoms with Gasteiger partial charge in [-0.2, -0.15) is 0 Å². The first-order valence-electron chi connectivity index (χ1n) is 17.7. The van der Waals surface area contributed by atoms with Crippen LogP contribution in [-0.4, -0.2) is 11.8 Å². The zero-order chi connectivity index (χ0) is 33.1. The summed E-state index contributed by atoms with van der Waals surface area (Å²) >= 11 is 0. The topological polar surface area (TPSA) is 33.6 Å². The summed E-state index contributed by atoms with van der Waals surface area (Å²) in [5.74, 6) is 1.76. The predicted octanol–water partition coefficient (Wildman–Crippen LogP) is 9.97. The van der Waals surface area contributed by atoms with Gasteiger partial charge < -0.3 is 10.1 Å². The third-order valence-electron chi connectivity index (χ3n) is 11.3. The van der Waals surface area contributed by atoms with Crippen LogP contribution >= 0.6 is 0 Å². The molecule has 2 heterocycles. The van der Waals surface area contributed by atoms with E-state index in [4.69, 9.17) is 9.73 Å². The van der Waals surface area contributed by atoms with E-state index >= 15 is 0 Å². The Bertz CT molecular complexity index is 2310. The molecule has 0 amide bonds. The van der Waals surface area contributed by atoms with Gasteiger partial charge >= 0.3 is 0 Å². The van der Waals surface area contributed by atoms with Crippen molar-refractivity contribution in [3.8, 4) is 5.75 Å². The third kappa shape index (κ3) is 4.39. The first-order chi connectivity index (χ1) is 24.8. The Morgan fingerprint density at radius 1 is 0.620 bits per heavy atom. The molecule has 3 nitrogen and oxygen atoms in total. The van der Waals surface area contributed by atoms with Crippen LogP contribution in [0.15, 0.2) is 187 Å². The molecule has 0 fully saturated rings. The minimum absolute atomic E-state index is 0.129. The van der Waals surface area contributed by atoms with E-state index in [0.717, 1.165) is 33.8 Å². The lowest BCUT2D eigenvalue weighted by Gasteiger charge is -2.50. The largest absolute Gasteiger partial charge is 0.485 e. The lowest BCUT2D eigenvalue weighted by molar-refractivity contribution is 0.107. The molecule has 2 aliphatic heterocycles. The van der Waals surface area contributed by atoms with Crippen molar-refractivity contribution in [1.29, 1.82) is 0 Å². The Hall–Kier alpha value is -5.93. The Kier molecular flexibility index (Phi) is 6.73. The molecular weight excluding hydrogens is 609 g/mol. The highest BCUT2D eigenvalue weighted by atomic mass is 16.5. The maximum atomic E-state index is 6.99. The van der Waals surface area contributed by atoms with Gasteiger partial charge in [0.15, 0.2) is 0 Å². The summed E-state index contributed by atoms with van der Waals surface area (Å²) in [4.78, 5) is 5.18. The molecule has 0 saturated heterocycles. The first kappa shape index (κ1) is 29.0. The van der Waals surface area contributed by atoms with Crippen LogP contribution in [0.1, 0.15) is 51.0 Å². The summed E-state index contributed by atoms with van der Waals surface area (Å²) in [5.41, 5.74) is 11.6. The van der Waals surface area contributed by atoms with Gasteiger partial charge in [-0.05, 0) is 51.6 Å². The molecule has 0 bridgehead atoms. The fraction of sp³-hybridized carbons (Fsp3) is 0.128. The van der Waals surface area contributed by atoms with Gasteiger partial charge in [0.2, 0.25) is 0 Å². The van der Waals surface area contributed by atoms with Crippen LogP contribution in [0, 0.1) is 11.8 Å². The van der Waals surface area contributed by atoms with Crippen LogP contribution in [0.25, 0.3) is 11.3 Å². The summed E-state index contributed by atoms with van der Waals surface area (Å²) in [5, 5.41) is 3.79. The molecule has 3 aliphatic carbocycles. The van der Waals surface area contributed by atoms with Crippen molar-refractivity contribution in [2.45, 2.75) is 23.6 Å². The Labute approximate surface area is 293 Å². The quantitative estimate of drug-likeness (QED) is 0.211. The van der Waals surface area contributed by atoms with Crippen molar-refractivity contribution in [2.24, 2.45) is 16.8 Å². The second kappa shape index (κ2) is 11.6. The van der Waals surface area contributed by atoms with Gasteiger partial charge in [-0.25, -0.2) is 0 Å². The van der Waals surface area contributed by atoms with Crippen LogP contribution < -0.4 is 10.1 Å². The highest BCUT2D eigenvalue weighted by Crippen LogP contribution is 2.64. The van der Waals surface area contributed by atoms with Crippen LogP contribution in [0.3, 0.4) is 0 Å². The summed E-state index contributed by atoms with van der Waals surface area (Å²) in [6.07, 6.45) is 18.3. The predicted molar refractivity (Wildman–Crippen MR) is 203 cm³/mol. The molecule has 1 spiro atoms. The molecule has 6 atom stereocenters. The molecule has 0 radical (unpaired) electrons. The normalized spacial score (nSPS) is 26.7. The molecule has 3 heteroatoms. The number of benzene rings is 5. The summed E-state index contributed by atoms with van der Waals surface area (Å²) in [7, 11) is 0. The number of rotatable bonds is 4. The lowest BCUT2D eigenvalue weighted by atomic mass is 9.56. The Morgan fingerprint density at radius 2 is 1.32 bits per heavy atom. The number of aliphatic imine (C=N–C) groups is 1. The number of allylic oxidation sites excluding steroid dienone is 7. The minimum Gasteiger partial charge on any atom is -0.485 e. The van der Waals surface area contributed by atoms with Gasteiger partial charge in [0.05, 0.1) is 5.71 Å². The third-order valence-corrected chi connectivity index (χ3v) is 11.3. The summed E-state index contributed by atoms with van der Waals surface area (Å²) in [6, 6.07) is 47.5. The summed E-state index contributed by atoms with van der Waals surface area (Å²) < 4.78 is 6.99. The molecule has 5 aliphatic rings. The van der Waals surface area contributed by atoms with Gasteiger partial charge in [-0.1, -0.05) is 164 Å². The van der Waals surface area contributed by atoms with E-state index in [0.29, 0.717) is 11.8 Å². The van der Waals surface area contributed by atoms with E-state index in [2.05, 4.69) is 187 Å². The molecule has 5 aromatic carbocycles. The monoisotopic (exact) mass is 644 g/mol. The van der Waals surface area contributed by atoms with Crippen molar-refractivity contribution in [3.05, 3.63) is 221 Å². The number of para-hydroxylation sites is 1. The Balaban J connectivity index is 1.09. The van der Waals surface area contributed by atoms with Crippen molar-refractivity contribution in [3.63, 3.8) is 0 Å². The maximum absolute atomic E-state index is 6.99. The molecule has 0 aromatic heterocycles. The highest BCUT2D eigenvalue weighted by Gasteiger charge is 2.60. The second-order valence-corrected chi connectivity index (χ2v) is 13.8. The maximum Gasteiger partial charge on any atom is 0.145 e. The van der Waals surface area contributed by atoms with Gasteiger partial charge in [-0.3, -0.25) is 4.99 Å². The highest BCUT2D eigenvalue weighted by molar-refractivity contribution is 6.13. The first-order valence-corrected chi connectivity index (χ1v) is 17.7. The van der Waals surface area contributed by atoms with Crippen LogP contribution in [0.4, 0.5) is 0 Å². The van der Waals surface area contributed by atoms with Gasteiger partial charge in [-0.15, -0.1) is 0 Å². The molecule has 5 aromatic rings. The van der Waals surface area contributed by atoms with Crippen molar-refractivity contribution in [1.82, 2.24) is 5.32 Å². The minimum atomic E-state index is -0.239. The van der Waals surface area contributed by atoms with E-state index in [9.17, 15) is 0 Å². The number of fused-ring (bicyclic) bond motifs is 9.